The molecule has 0 aliphatic heterocycles. The molecule has 2 aromatic rings. The molecule has 8 nitrogen and oxygen atoms in total. The predicted octanol–water partition coefficient (Wildman–Crippen LogP) is 2.40. The molecule has 0 fully saturated rings. The molecule has 0 spiro atoms. The summed E-state index contributed by atoms with van der Waals surface area (Å²) in [6.45, 7) is 6.18. The van der Waals surface area contributed by atoms with Crippen LogP contribution < -0.4 is 10.9 Å². The van der Waals surface area contributed by atoms with Crippen molar-refractivity contribution in [2.45, 2.75) is 50.1 Å². The second-order valence-electron chi connectivity index (χ2n) is 5.58. The van der Waals surface area contributed by atoms with Crippen molar-refractivity contribution < 1.29 is 9.53 Å². The van der Waals surface area contributed by atoms with Crippen LogP contribution in [0.3, 0.4) is 0 Å². The number of anilines is 1. The number of nitrogens with zero attached hydrogens (tertiary/aromatic N) is 3. The van der Waals surface area contributed by atoms with E-state index in [9.17, 15) is 9.59 Å². The fraction of sp³-hybridized carbons (Fsp3) is 0.533. The topological polar surface area (TPSA) is 110 Å². The second-order valence-corrected chi connectivity index (χ2v) is 7.78. The molecule has 2 heterocycles. The molecule has 0 radical (unpaired) electrons. The smallest absolute Gasteiger partial charge is 0.251 e. The maximum absolute atomic E-state index is 12.5. The Morgan fingerprint density at radius 2 is 2.20 bits per heavy atom. The van der Waals surface area contributed by atoms with Crippen molar-refractivity contribution in [2.24, 2.45) is 0 Å². The van der Waals surface area contributed by atoms with Gasteiger partial charge in [-0.15, -0.1) is 10.2 Å². The lowest BCUT2D eigenvalue weighted by molar-refractivity contribution is -0.115. The number of amides is 1. The molecule has 25 heavy (non-hydrogen) atoms. The number of methoxy groups -OCH3 is 1. The minimum Gasteiger partial charge on any atom is -0.378 e. The van der Waals surface area contributed by atoms with Gasteiger partial charge in [0.1, 0.15) is 5.01 Å². The maximum atomic E-state index is 12.5. The molecule has 1 amide bonds. The Balaban J connectivity index is 2.08. The van der Waals surface area contributed by atoms with Gasteiger partial charge in [-0.1, -0.05) is 43.9 Å². The summed E-state index contributed by atoms with van der Waals surface area (Å²) in [5.74, 6) is 0.0658. The zero-order valence-electron chi connectivity index (χ0n) is 14.5. The van der Waals surface area contributed by atoms with Gasteiger partial charge in [-0.2, -0.15) is 0 Å². The van der Waals surface area contributed by atoms with Crippen LogP contribution in [0.4, 0.5) is 5.13 Å². The molecule has 2 rings (SSSR count). The van der Waals surface area contributed by atoms with Crippen molar-refractivity contribution >= 4 is 34.1 Å². The van der Waals surface area contributed by atoms with Crippen molar-refractivity contribution in [3.63, 3.8) is 0 Å². The quantitative estimate of drug-likeness (QED) is 0.532. The summed E-state index contributed by atoms with van der Waals surface area (Å²) in [6.07, 6.45) is 0.574. The van der Waals surface area contributed by atoms with E-state index in [-0.39, 0.29) is 24.0 Å². The van der Waals surface area contributed by atoms with Crippen molar-refractivity contribution in [1.82, 2.24) is 20.2 Å². The van der Waals surface area contributed by atoms with Crippen LogP contribution in [0.15, 0.2) is 16.0 Å². The van der Waals surface area contributed by atoms with E-state index < -0.39 is 5.25 Å². The van der Waals surface area contributed by atoms with Crippen LogP contribution in [-0.2, 0) is 16.1 Å². The molecule has 0 aliphatic carbocycles. The number of hydrogen-bond donors (Lipinski definition) is 2. The molecule has 10 heteroatoms. The van der Waals surface area contributed by atoms with Gasteiger partial charge >= 0.3 is 0 Å². The fourth-order valence-electron chi connectivity index (χ4n) is 1.92. The number of carbonyl (C=O) groups excluding carboxylic acids is 1. The standard InChI is InChI=1S/C15H21N5O3S2/c1-5-10(12(22)18-15-20-19-13(25-15)8(2)3)24-14-16-9(7-23-4)6-11(21)17-14/h6,8,10H,5,7H2,1-4H3,(H,16,17,21)(H,18,20,22). The number of aromatic nitrogens is 4. The first-order valence-corrected chi connectivity index (χ1v) is 9.52. The van der Waals surface area contributed by atoms with E-state index in [0.29, 0.717) is 22.4 Å². The Labute approximate surface area is 153 Å². The zero-order valence-corrected chi connectivity index (χ0v) is 16.2. The van der Waals surface area contributed by atoms with Gasteiger partial charge in [0.2, 0.25) is 11.0 Å². The van der Waals surface area contributed by atoms with Gasteiger partial charge in [-0.25, -0.2) is 4.98 Å². The maximum Gasteiger partial charge on any atom is 0.251 e. The molecule has 1 atom stereocenters. The largest absolute Gasteiger partial charge is 0.378 e. The number of carbonyl (C=O) groups is 1. The van der Waals surface area contributed by atoms with Gasteiger partial charge in [-0.3, -0.25) is 14.9 Å². The van der Waals surface area contributed by atoms with Crippen LogP contribution in [0, 0.1) is 0 Å². The van der Waals surface area contributed by atoms with Crippen molar-refractivity contribution in [3.05, 3.63) is 27.1 Å². The highest BCUT2D eigenvalue weighted by molar-refractivity contribution is 8.00. The van der Waals surface area contributed by atoms with Crippen molar-refractivity contribution in [1.29, 1.82) is 0 Å². The van der Waals surface area contributed by atoms with Crippen molar-refractivity contribution in [2.75, 3.05) is 12.4 Å². The molecular formula is C15H21N5O3S2. The number of aromatic amines is 1. The molecule has 0 saturated carbocycles. The Kier molecular flexibility index (Phi) is 7.09. The van der Waals surface area contributed by atoms with E-state index in [1.165, 1.54) is 36.3 Å². The lowest BCUT2D eigenvalue weighted by Crippen LogP contribution is -2.25. The summed E-state index contributed by atoms with van der Waals surface area (Å²) in [6, 6.07) is 1.38. The first-order valence-electron chi connectivity index (χ1n) is 7.83. The predicted molar refractivity (Wildman–Crippen MR) is 98.1 cm³/mol. The molecule has 1 unspecified atom stereocenters. The molecule has 136 valence electrons. The normalized spacial score (nSPS) is 12.4. The number of thioether (sulfide) groups is 1. The summed E-state index contributed by atoms with van der Waals surface area (Å²) in [4.78, 5) is 31.1. The van der Waals surface area contributed by atoms with Gasteiger partial charge in [0, 0.05) is 19.1 Å². The molecule has 0 aromatic carbocycles. The van der Waals surface area contributed by atoms with Crippen LogP contribution in [-0.4, -0.2) is 38.4 Å². The molecule has 2 N–H and O–H groups in total. The Morgan fingerprint density at radius 3 is 2.80 bits per heavy atom. The second kappa shape index (κ2) is 9.07. The fourth-order valence-corrected chi connectivity index (χ4v) is 3.60. The summed E-state index contributed by atoms with van der Waals surface area (Å²) in [5.41, 5.74) is 0.250. The SMILES string of the molecule is CCC(Sc1nc(COC)cc(=O)[nH]1)C(=O)Nc1nnc(C(C)C)s1. The minimum absolute atomic E-state index is 0.196. The lowest BCUT2D eigenvalue weighted by atomic mass is 10.2. The van der Waals surface area contributed by atoms with Crippen molar-refractivity contribution in [3.8, 4) is 0 Å². The molecule has 2 aromatic heterocycles. The van der Waals surface area contributed by atoms with Gasteiger partial charge in [0.25, 0.3) is 5.56 Å². The highest BCUT2D eigenvalue weighted by Crippen LogP contribution is 2.26. The van der Waals surface area contributed by atoms with E-state index in [1.54, 1.807) is 0 Å². The first-order chi connectivity index (χ1) is 11.9. The van der Waals surface area contributed by atoms with Crippen LogP contribution in [0.5, 0.6) is 0 Å². The van der Waals surface area contributed by atoms with Gasteiger partial charge in [-0.05, 0) is 6.42 Å². The van der Waals surface area contributed by atoms with Gasteiger partial charge < -0.3 is 9.72 Å². The highest BCUT2D eigenvalue weighted by Gasteiger charge is 2.21. The van der Waals surface area contributed by atoms with Gasteiger partial charge in [0.15, 0.2) is 5.16 Å². The van der Waals surface area contributed by atoms with Crippen LogP contribution in [0.1, 0.15) is 43.8 Å². The van der Waals surface area contributed by atoms with E-state index in [4.69, 9.17) is 4.74 Å². The number of ether oxygens (including phenoxy) is 1. The molecule has 0 aliphatic rings. The third kappa shape index (κ3) is 5.62. The number of nitrogens with one attached hydrogen (secondary N) is 2. The average Bonchev–Trinajstić information content (AvgIpc) is 3.01. The number of rotatable bonds is 8. The molecule has 0 saturated heterocycles. The van der Waals surface area contributed by atoms with Gasteiger partial charge in [0.05, 0.1) is 17.6 Å². The number of H-pyrrole nitrogens is 1. The summed E-state index contributed by atoms with van der Waals surface area (Å²) >= 11 is 2.57. The Bertz CT molecular complexity index is 775. The summed E-state index contributed by atoms with van der Waals surface area (Å²) in [5, 5.41) is 12.2. The lowest BCUT2D eigenvalue weighted by Gasteiger charge is -2.13. The highest BCUT2D eigenvalue weighted by atomic mass is 32.2. The Hall–Kier alpha value is -1.78. The van der Waals surface area contributed by atoms with Crippen LogP contribution >= 0.6 is 23.1 Å². The summed E-state index contributed by atoms with van der Waals surface area (Å²) in [7, 11) is 1.53. The third-order valence-electron chi connectivity index (χ3n) is 3.15. The average molecular weight is 383 g/mol. The van der Waals surface area contributed by atoms with Crippen LogP contribution in [0.25, 0.3) is 0 Å². The van der Waals surface area contributed by atoms with E-state index in [1.807, 2.05) is 20.8 Å². The van der Waals surface area contributed by atoms with Crippen LogP contribution in [0.2, 0.25) is 0 Å². The van der Waals surface area contributed by atoms with E-state index in [0.717, 1.165) is 5.01 Å². The van der Waals surface area contributed by atoms with E-state index >= 15 is 0 Å². The Morgan fingerprint density at radius 1 is 1.44 bits per heavy atom. The molecular weight excluding hydrogens is 362 g/mol. The zero-order chi connectivity index (χ0) is 18.4. The summed E-state index contributed by atoms with van der Waals surface area (Å²) < 4.78 is 5.00. The third-order valence-corrected chi connectivity index (χ3v) is 5.53. The van der Waals surface area contributed by atoms with E-state index in [2.05, 4.69) is 25.5 Å². The monoisotopic (exact) mass is 383 g/mol. The first kappa shape index (κ1) is 19.5. The molecule has 0 bridgehead atoms. The minimum atomic E-state index is -0.410. The number of hydrogen-bond acceptors (Lipinski definition) is 8.